The molecule has 7 nitrogen and oxygen atoms in total. The molecule has 0 saturated carbocycles. The van der Waals surface area contributed by atoms with Crippen molar-refractivity contribution in [2.24, 2.45) is 4.99 Å². The first-order valence-electron chi connectivity index (χ1n) is 8.43. The molecular formula is C18H26N4O3S. The Morgan fingerprint density at radius 1 is 1.08 bits per heavy atom. The van der Waals surface area contributed by atoms with Gasteiger partial charge in [-0.1, -0.05) is 24.3 Å². The smallest absolute Gasteiger partial charge is 0.216 e. The first-order valence-corrected chi connectivity index (χ1v) is 10.1. The van der Waals surface area contributed by atoms with E-state index in [0.29, 0.717) is 19.0 Å². The highest BCUT2D eigenvalue weighted by molar-refractivity contribution is 7.88. The Bertz CT molecular complexity index is 815. The van der Waals surface area contributed by atoms with Crippen molar-refractivity contribution in [3.05, 3.63) is 59.5 Å². The summed E-state index contributed by atoms with van der Waals surface area (Å²) in [5.74, 6) is 1.36. The Labute approximate surface area is 155 Å². The third kappa shape index (κ3) is 6.53. The highest BCUT2D eigenvalue weighted by atomic mass is 32.2. The average Bonchev–Trinajstić information content (AvgIpc) is 3.08. The predicted octanol–water partition coefficient (Wildman–Crippen LogP) is 1.97. The summed E-state index contributed by atoms with van der Waals surface area (Å²) in [7, 11) is -1.70. The van der Waals surface area contributed by atoms with Crippen molar-refractivity contribution in [2.75, 3.05) is 7.05 Å². The number of hydrogen-bond acceptors (Lipinski definition) is 4. The molecule has 0 amide bonds. The summed E-state index contributed by atoms with van der Waals surface area (Å²) in [4.78, 5) is 4.17. The lowest BCUT2D eigenvalue weighted by molar-refractivity contribution is 0.501. The van der Waals surface area contributed by atoms with E-state index < -0.39 is 10.0 Å². The van der Waals surface area contributed by atoms with E-state index in [1.807, 2.05) is 36.4 Å². The van der Waals surface area contributed by atoms with Crippen LogP contribution in [0.4, 0.5) is 0 Å². The van der Waals surface area contributed by atoms with E-state index in [9.17, 15) is 8.42 Å². The maximum atomic E-state index is 12.2. The number of guanidine groups is 1. The van der Waals surface area contributed by atoms with Gasteiger partial charge in [0.2, 0.25) is 10.0 Å². The van der Waals surface area contributed by atoms with E-state index in [1.165, 1.54) is 0 Å². The van der Waals surface area contributed by atoms with Crippen LogP contribution in [0.3, 0.4) is 0 Å². The van der Waals surface area contributed by atoms with E-state index in [0.717, 1.165) is 16.9 Å². The molecule has 0 fully saturated rings. The van der Waals surface area contributed by atoms with E-state index in [1.54, 1.807) is 27.2 Å². The SMILES string of the molecule is CN=C(NCc1ccco1)NCc1ccccc1CS(=O)(=O)NC(C)C. The molecular weight excluding hydrogens is 352 g/mol. The molecule has 0 atom stereocenters. The molecule has 2 rings (SSSR count). The Hall–Kier alpha value is -2.32. The molecule has 142 valence electrons. The Morgan fingerprint density at radius 3 is 2.38 bits per heavy atom. The molecule has 0 aliphatic carbocycles. The molecule has 0 aliphatic heterocycles. The van der Waals surface area contributed by atoms with Gasteiger partial charge in [-0.05, 0) is 37.1 Å². The number of sulfonamides is 1. The van der Waals surface area contributed by atoms with Crippen LogP contribution in [0.2, 0.25) is 0 Å². The van der Waals surface area contributed by atoms with Gasteiger partial charge < -0.3 is 15.1 Å². The van der Waals surface area contributed by atoms with E-state index >= 15 is 0 Å². The highest BCUT2D eigenvalue weighted by Gasteiger charge is 2.15. The second kappa shape index (κ2) is 9.40. The van der Waals surface area contributed by atoms with E-state index in [2.05, 4.69) is 20.3 Å². The third-order valence-electron chi connectivity index (χ3n) is 3.56. The predicted molar refractivity (Wildman–Crippen MR) is 103 cm³/mol. The van der Waals surface area contributed by atoms with Gasteiger partial charge in [-0.25, -0.2) is 13.1 Å². The monoisotopic (exact) mass is 378 g/mol. The Morgan fingerprint density at radius 2 is 1.77 bits per heavy atom. The molecule has 2 aromatic rings. The zero-order valence-corrected chi connectivity index (χ0v) is 16.1. The number of furan rings is 1. The van der Waals surface area contributed by atoms with Gasteiger partial charge in [0.05, 0.1) is 18.6 Å². The number of rotatable bonds is 8. The fourth-order valence-corrected chi connectivity index (χ4v) is 3.95. The summed E-state index contributed by atoms with van der Waals surface area (Å²) >= 11 is 0. The van der Waals surface area contributed by atoms with Gasteiger partial charge in [0.1, 0.15) is 5.76 Å². The van der Waals surface area contributed by atoms with Crippen LogP contribution in [-0.2, 0) is 28.9 Å². The van der Waals surface area contributed by atoms with E-state index in [-0.39, 0.29) is 11.8 Å². The molecule has 0 saturated heterocycles. The molecule has 0 bridgehead atoms. The number of aliphatic imine (C=N–C) groups is 1. The van der Waals surface area contributed by atoms with Gasteiger partial charge in [-0.15, -0.1) is 0 Å². The summed E-state index contributed by atoms with van der Waals surface area (Å²) in [5.41, 5.74) is 1.66. The Balaban J connectivity index is 1.98. The van der Waals surface area contributed by atoms with Crippen LogP contribution in [0.1, 0.15) is 30.7 Å². The van der Waals surface area contributed by atoms with Crippen molar-refractivity contribution in [3.8, 4) is 0 Å². The van der Waals surface area contributed by atoms with Crippen molar-refractivity contribution in [3.63, 3.8) is 0 Å². The molecule has 26 heavy (non-hydrogen) atoms. The normalized spacial score (nSPS) is 12.4. The van der Waals surface area contributed by atoms with Crippen molar-refractivity contribution in [1.29, 1.82) is 0 Å². The second-order valence-corrected chi connectivity index (χ2v) is 7.91. The van der Waals surface area contributed by atoms with Crippen LogP contribution < -0.4 is 15.4 Å². The third-order valence-corrected chi connectivity index (χ3v) is 5.08. The van der Waals surface area contributed by atoms with Gasteiger partial charge >= 0.3 is 0 Å². The number of nitrogens with one attached hydrogen (secondary N) is 3. The topological polar surface area (TPSA) is 95.7 Å². The minimum Gasteiger partial charge on any atom is -0.467 e. The van der Waals surface area contributed by atoms with Crippen LogP contribution in [0, 0.1) is 0 Å². The molecule has 1 aromatic carbocycles. The van der Waals surface area contributed by atoms with Gasteiger partial charge in [0, 0.05) is 19.6 Å². The second-order valence-electron chi connectivity index (χ2n) is 6.16. The summed E-state index contributed by atoms with van der Waals surface area (Å²) in [5, 5.41) is 6.35. The largest absolute Gasteiger partial charge is 0.467 e. The van der Waals surface area contributed by atoms with Crippen LogP contribution in [0.5, 0.6) is 0 Å². The molecule has 0 radical (unpaired) electrons. The standard InChI is InChI=1S/C18H26N4O3S/c1-14(2)22-26(23,24)13-16-8-5-4-7-15(16)11-20-18(19-3)21-12-17-9-6-10-25-17/h4-10,14,22H,11-13H2,1-3H3,(H2,19,20,21). The van der Waals surface area contributed by atoms with Crippen LogP contribution >= 0.6 is 0 Å². The lowest BCUT2D eigenvalue weighted by Gasteiger charge is -2.15. The van der Waals surface area contributed by atoms with Crippen molar-refractivity contribution >= 4 is 16.0 Å². The van der Waals surface area contributed by atoms with Gasteiger partial charge in [0.25, 0.3) is 0 Å². The highest BCUT2D eigenvalue weighted by Crippen LogP contribution is 2.12. The molecule has 3 N–H and O–H groups in total. The zero-order chi connectivity index (χ0) is 19.0. The van der Waals surface area contributed by atoms with Gasteiger partial charge in [0.15, 0.2) is 5.96 Å². The summed E-state index contributed by atoms with van der Waals surface area (Å²) in [6, 6.07) is 11.0. The maximum absolute atomic E-state index is 12.2. The molecule has 1 aromatic heterocycles. The first-order chi connectivity index (χ1) is 12.4. The van der Waals surface area contributed by atoms with Crippen LogP contribution in [0.25, 0.3) is 0 Å². The quantitative estimate of drug-likeness (QED) is 0.482. The summed E-state index contributed by atoms with van der Waals surface area (Å²) < 4.78 is 32.3. The molecule has 1 heterocycles. The Kier molecular flexibility index (Phi) is 7.23. The summed E-state index contributed by atoms with van der Waals surface area (Å²) in [6.07, 6.45) is 1.62. The molecule has 0 unspecified atom stereocenters. The molecule has 0 aliphatic rings. The van der Waals surface area contributed by atoms with Crippen LogP contribution in [-0.4, -0.2) is 27.5 Å². The first kappa shape index (κ1) is 20.0. The van der Waals surface area contributed by atoms with Crippen LogP contribution in [0.15, 0.2) is 52.1 Å². The zero-order valence-electron chi connectivity index (χ0n) is 15.3. The lowest BCUT2D eigenvalue weighted by atomic mass is 10.1. The number of hydrogen-bond donors (Lipinski definition) is 3. The number of nitrogens with zero attached hydrogens (tertiary/aromatic N) is 1. The van der Waals surface area contributed by atoms with Crippen molar-refractivity contribution in [1.82, 2.24) is 15.4 Å². The lowest BCUT2D eigenvalue weighted by Crippen LogP contribution is -2.36. The van der Waals surface area contributed by atoms with Gasteiger partial charge in [-0.2, -0.15) is 0 Å². The molecule has 8 heteroatoms. The van der Waals surface area contributed by atoms with Crippen molar-refractivity contribution in [2.45, 2.75) is 38.7 Å². The van der Waals surface area contributed by atoms with Gasteiger partial charge in [-0.3, -0.25) is 4.99 Å². The molecule has 0 spiro atoms. The van der Waals surface area contributed by atoms with E-state index in [4.69, 9.17) is 4.42 Å². The fourth-order valence-electron chi connectivity index (χ4n) is 2.46. The minimum atomic E-state index is -3.38. The fraction of sp³-hybridized carbons (Fsp3) is 0.389. The number of benzene rings is 1. The maximum Gasteiger partial charge on any atom is 0.216 e. The summed E-state index contributed by atoms with van der Waals surface area (Å²) in [6.45, 7) is 4.59. The van der Waals surface area contributed by atoms with Crippen molar-refractivity contribution < 1.29 is 12.8 Å². The minimum absolute atomic E-state index is 0.0541. The average molecular weight is 378 g/mol.